The molecule has 2 aromatic heterocycles. The summed E-state index contributed by atoms with van der Waals surface area (Å²) in [6, 6.07) is 9.39. The van der Waals surface area contributed by atoms with Crippen LogP contribution in [0.3, 0.4) is 0 Å². The average molecular weight is 402 g/mol. The lowest BCUT2D eigenvalue weighted by molar-refractivity contribution is -0.142. The number of benzene rings is 1. The van der Waals surface area contributed by atoms with Gasteiger partial charge < -0.3 is 19.0 Å². The zero-order valence-electron chi connectivity index (χ0n) is 16.0. The Bertz CT molecular complexity index is 948. The third kappa shape index (κ3) is 4.72. The Balaban J connectivity index is 1.54. The second kappa shape index (κ2) is 8.92. The van der Waals surface area contributed by atoms with Crippen LogP contribution in [0.5, 0.6) is 0 Å². The molecule has 0 aliphatic rings. The molecule has 1 atom stereocenters. The average Bonchev–Trinajstić information content (AvgIpc) is 3.24. The number of ether oxygens (including phenoxy) is 1. The molecule has 0 radical (unpaired) electrons. The van der Waals surface area contributed by atoms with Gasteiger partial charge in [-0.05, 0) is 26.0 Å². The number of furan rings is 1. The maximum absolute atomic E-state index is 12.3. The van der Waals surface area contributed by atoms with Gasteiger partial charge in [-0.15, -0.1) is 10.2 Å². The van der Waals surface area contributed by atoms with E-state index in [9.17, 15) is 9.59 Å². The number of hydrogen-bond acceptors (Lipinski definition) is 7. The molecule has 148 valence electrons. The van der Waals surface area contributed by atoms with Crippen molar-refractivity contribution in [2.45, 2.75) is 31.5 Å². The van der Waals surface area contributed by atoms with Crippen molar-refractivity contribution in [2.24, 2.45) is 7.05 Å². The monoisotopic (exact) mass is 402 g/mol. The van der Waals surface area contributed by atoms with Crippen LogP contribution in [0.1, 0.15) is 31.5 Å². The van der Waals surface area contributed by atoms with Crippen molar-refractivity contribution in [3.63, 3.8) is 0 Å². The van der Waals surface area contributed by atoms with E-state index in [4.69, 9.17) is 9.15 Å². The number of fused-ring (bicyclic) bond motifs is 1. The number of thioether (sulfide) groups is 1. The minimum absolute atomic E-state index is 0.0488. The summed E-state index contributed by atoms with van der Waals surface area (Å²) in [7, 11) is 1.76. The fourth-order valence-corrected chi connectivity index (χ4v) is 3.41. The van der Waals surface area contributed by atoms with Gasteiger partial charge in [-0.1, -0.05) is 30.0 Å². The molecule has 0 unspecified atom stereocenters. The maximum atomic E-state index is 12.3. The van der Waals surface area contributed by atoms with Gasteiger partial charge in [0.05, 0.1) is 18.4 Å². The zero-order chi connectivity index (χ0) is 20.1. The summed E-state index contributed by atoms with van der Waals surface area (Å²) in [5, 5.41) is 12.5. The van der Waals surface area contributed by atoms with Gasteiger partial charge in [-0.25, -0.2) is 0 Å². The lowest BCUT2D eigenvalue weighted by Crippen LogP contribution is -2.28. The highest BCUT2D eigenvalue weighted by atomic mass is 32.2. The van der Waals surface area contributed by atoms with E-state index >= 15 is 0 Å². The van der Waals surface area contributed by atoms with E-state index in [1.54, 1.807) is 18.5 Å². The van der Waals surface area contributed by atoms with Crippen LogP contribution >= 0.6 is 11.8 Å². The first-order valence-electron chi connectivity index (χ1n) is 8.92. The standard InChI is InChI=1S/C19H22N4O4S/c1-4-26-18(25)10-16-21-22-19(23(16)3)28-11-17(24)20-12(2)15-9-13-7-5-6-8-14(13)27-15/h5-9,12H,4,10-11H2,1-3H3,(H,20,24)/t12-/m0/s1. The minimum atomic E-state index is -0.355. The molecular formula is C19H22N4O4S. The lowest BCUT2D eigenvalue weighted by Gasteiger charge is -2.11. The van der Waals surface area contributed by atoms with Crippen molar-refractivity contribution >= 4 is 34.6 Å². The Hall–Kier alpha value is -2.81. The van der Waals surface area contributed by atoms with Gasteiger partial charge in [-0.3, -0.25) is 9.59 Å². The molecule has 0 saturated carbocycles. The first-order valence-corrected chi connectivity index (χ1v) is 9.91. The molecule has 0 saturated heterocycles. The van der Waals surface area contributed by atoms with Crippen molar-refractivity contribution in [2.75, 3.05) is 12.4 Å². The van der Waals surface area contributed by atoms with E-state index in [-0.39, 0.29) is 30.1 Å². The normalized spacial score (nSPS) is 12.1. The van der Waals surface area contributed by atoms with E-state index in [0.29, 0.717) is 23.3 Å². The maximum Gasteiger partial charge on any atom is 0.313 e. The highest BCUT2D eigenvalue weighted by Gasteiger charge is 2.17. The van der Waals surface area contributed by atoms with Gasteiger partial charge in [0.1, 0.15) is 23.6 Å². The predicted molar refractivity (Wildman–Crippen MR) is 105 cm³/mol. The molecule has 2 heterocycles. The molecule has 9 heteroatoms. The first-order chi connectivity index (χ1) is 13.5. The number of carbonyl (C=O) groups is 2. The Morgan fingerprint density at radius 1 is 1.32 bits per heavy atom. The zero-order valence-corrected chi connectivity index (χ0v) is 16.8. The Morgan fingerprint density at radius 3 is 2.86 bits per heavy atom. The topological polar surface area (TPSA) is 99.2 Å². The number of nitrogens with zero attached hydrogens (tertiary/aromatic N) is 3. The van der Waals surface area contributed by atoms with Crippen LogP contribution in [-0.2, 0) is 27.8 Å². The summed E-state index contributed by atoms with van der Waals surface area (Å²) < 4.78 is 12.4. The van der Waals surface area contributed by atoms with Crippen molar-refractivity contribution in [1.29, 1.82) is 0 Å². The Labute approximate surface area is 166 Å². The van der Waals surface area contributed by atoms with Crippen molar-refractivity contribution in [3.05, 3.63) is 41.9 Å². The number of esters is 1. The van der Waals surface area contributed by atoms with Gasteiger partial charge in [-0.2, -0.15) is 0 Å². The van der Waals surface area contributed by atoms with Crippen LogP contribution in [0.4, 0.5) is 0 Å². The molecular weight excluding hydrogens is 380 g/mol. The second-order valence-corrected chi connectivity index (χ2v) is 7.15. The smallest absolute Gasteiger partial charge is 0.313 e. The number of amides is 1. The van der Waals surface area contributed by atoms with Crippen LogP contribution in [0.15, 0.2) is 39.9 Å². The first kappa shape index (κ1) is 19.9. The van der Waals surface area contributed by atoms with Crippen LogP contribution in [0.25, 0.3) is 11.0 Å². The van der Waals surface area contributed by atoms with Crippen molar-refractivity contribution in [1.82, 2.24) is 20.1 Å². The van der Waals surface area contributed by atoms with E-state index in [1.807, 2.05) is 37.3 Å². The molecule has 0 aliphatic carbocycles. The minimum Gasteiger partial charge on any atom is -0.466 e. The van der Waals surface area contributed by atoms with Crippen molar-refractivity contribution in [3.8, 4) is 0 Å². The largest absolute Gasteiger partial charge is 0.466 e. The molecule has 0 aliphatic heterocycles. The van der Waals surface area contributed by atoms with Crippen LogP contribution in [-0.4, -0.2) is 39.0 Å². The number of rotatable bonds is 8. The fraction of sp³-hybridized carbons (Fsp3) is 0.368. The SMILES string of the molecule is CCOC(=O)Cc1nnc(SCC(=O)N[C@@H](C)c2cc3ccccc3o2)n1C. The van der Waals surface area contributed by atoms with E-state index in [1.165, 1.54) is 11.8 Å². The summed E-state index contributed by atoms with van der Waals surface area (Å²) in [6.07, 6.45) is 0.0488. The summed E-state index contributed by atoms with van der Waals surface area (Å²) in [5.41, 5.74) is 0.793. The summed E-state index contributed by atoms with van der Waals surface area (Å²) in [5.74, 6) is 0.877. The number of aromatic nitrogens is 3. The van der Waals surface area contributed by atoms with E-state index < -0.39 is 0 Å². The van der Waals surface area contributed by atoms with Crippen LogP contribution in [0, 0.1) is 0 Å². The number of hydrogen-bond donors (Lipinski definition) is 1. The van der Waals surface area contributed by atoms with Crippen LogP contribution in [0.2, 0.25) is 0 Å². The lowest BCUT2D eigenvalue weighted by atomic mass is 10.2. The fourth-order valence-electron chi connectivity index (χ4n) is 2.67. The molecule has 0 bridgehead atoms. The molecule has 3 rings (SSSR count). The van der Waals surface area contributed by atoms with Gasteiger partial charge in [0.2, 0.25) is 5.91 Å². The summed E-state index contributed by atoms with van der Waals surface area (Å²) in [4.78, 5) is 23.9. The molecule has 1 N–H and O–H groups in total. The van der Waals surface area contributed by atoms with E-state index in [0.717, 1.165) is 11.0 Å². The van der Waals surface area contributed by atoms with Crippen LogP contribution < -0.4 is 5.32 Å². The molecule has 1 amide bonds. The molecule has 1 aromatic carbocycles. The quantitative estimate of drug-likeness (QED) is 0.457. The van der Waals surface area contributed by atoms with Gasteiger partial charge >= 0.3 is 5.97 Å². The Morgan fingerprint density at radius 2 is 2.11 bits per heavy atom. The summed E-state index contributed by atoms with van der Waals surface area (Å²) in [6.45, 7) is 3.95. The molecule has 8 nitrogen and oxygen atoms in total. The molecule has 0 spiro atoms. The van der Waals surface area contributed by atoms with Gasteiger partial charge in [0.25, 0.3) is 0 Å². The number of nitrogens with one attached hydrogen (secondary N) is 1. The third-order valence-electron chi connectivity index (χ3n) is 4.11. The number of carbonyl (C=O) groups excluding carboxylic acids is 2. The number of para-hydroxylation sites is 1. The Kier molecular flexibility index (Phi) is 6.35. The molecule has 3 aromatic rings. The van der Waals surface area contributed by atoms with Crippen molar-refractivity contribution < 1.29 is 18.7 Å². The second-order valence-electron chi connectivity index (χ2n) is 6.20. The van der Waals surface area contributed by atoms with E-state index in [2.05, 4.69) is 15.5 Å². The molecule has 0 fully saturated rings. The van der Waals surface area contributed by atoms with Gasteiger partial charge in [0.15, 0.2) is 5.16 Å². The predicted octanol–water partition coefficient (Wildman–Crippen LogP) is 2.64. The summed E-state index contributed by atoms with van der Waals surface area (Å²) >= 11 is 1.25. The third-order valence-corrected chi connectivity index (χ3v) is 5.13. The highest BCUT2D eigenvalue weighted by molar-refractivity contribution is 7.99. The highest BCUT2D eigenvalue weighted by Crippen LogP contribution is 2.24. The van der Waals surface area contributed by atoms with Gasteiger partial charge in [0, 0.05) is 12.4 Å². The molecule has 28 heavy (non-hydrogen) atoms.